The minimum absolute atomic E-state index is 0.191. The number of hydrogen-bond acceptors (Lipinski definition) is 3. The summed E-state index contributed by atoms with van der Waals surface area (Å²) < 4.78 is 5.18. The molecule has 0 radical (unpaired) electrons. The van der Waals surface area contributed by atoms with E-state index in [0.29, 0.717) is 0 Å². The average Bonchev–Trinajstić information content (AvgIpc) is 2.82. The summed E-state index contributed by atoms with van der Waals surface area (Å²) in [6, 6.07) is 3.96. The zero-order valence-electron chi connectivity index (χ0n) is 10.4. The molecule has 2 N–H and O–H groups in total. The van der Waals surface area contributed by atoms with Crippen LogP contribution >= 0.6 is 0 Å². The topological polar surface area (TPSA) is 74.7 Å². The summed E-state index contributed by atoms with van der Waals surface area (Å²) in [5.74, 6) is 0.782. The Morgan fingerprint density at radius 2 is 1.94 bits per heavy atom. The first kappa shape index (κ1) is 10.8. The number of fused-ring (bicyclic) bond motifs is 1. The maximum atomic E-state index is 11.3. The normalized spacial score (nSPS) is 11.3. The lowest BCUT2D eigenvalue weighted by Crippen LogP contribution is -1.99. The number of rotatable bonds is 1. The third-order valence-corrected chi connectivity index (χ3v) is 3.14. The number of H-pyrrole nitrogens is 2. The first-order valence-corrected chi connectivity index (χ1v) is 5.72. The largest absolute Gasteiger partial charge is 0.361 e. The van der Waals surface area contributed by atoms with E-state index in [1.54, 1.807) is 0 Å². The van der Waals surface area contributed by atoms with E-state index >= 15 is 0 Å². The zero-order valence-corrected chi connectivity index (χ0v) is 10.4. The molecule has 0 aliphatic rings. The van der Waals surface area contributed by atoms with Crippen molar-refractivity contribution in [1.29, 1.82) is 0 Å². The average molecular weight is 243 g/mol. The van der Waals surface area contributed by atoms with Crippen LogP contribution in [0.4, 0.5) is 0 Å². The summed E-state index contributed by atoms with van der Waals surface area (Å²) in [4.78, 5) is 16.9. The van der Waals surface area contributed by atoms with Gasteiger partial charge in [0.2, 0.25) is 0 Å². The van der Waals surface area contributed by atoms with E-state index in [4.69, 9.17) is 4.52 Å². The molecular weight excluding hydrogens is 230 g/mol. The zero-order chi connectivity index (χ0) is 12.9. The summed E-state index contributed by atoms with van der Waals surface area (Å²) in [5.41, 5.74) is 5.31. The van der Waals surface area contributed by atoms with Gasteiger partial charge in [0.1, 0.15) is 5.76 Å². The number of imidazole rings is 1. The summed E-state index contributed by atoms with van der Waals surface area (Å²) in [6.07, 6.45) is 0. The van der Waals surface area contributed by atoms with Crippen molar-refractivity contribution in [3.63, 3.8) is 0 Å². The van der Waals surface area contributed by atoms with Crippen LogP contribution in [0, 0.1) is 20.8 Å². The fourth-order valence-corrected chi connectivity index (χ4v) is 2.36. The molecule has 0 saturated carbocycles. The summed E-state index contributed by atoms with van der Waals surface area (Å²) in [7, 11) is 0. The first-order valence-electron chi connectivity index (χ1n) is 5.72. The molecule has 0 amide bonds. The number of aryl methyl sites for hydroxylation is 3. The highest BCUT2D eigenvalue weighted by molar-refractivity contribution is 5.85. The molecule has 2 aromatic heterocycles. The molecule has 18 heavy (non-hydrogen) atoms. The van der Waals surface area contributed by atoms with Crippen molar-refractivity contribution < 1.29 is 4.52 Å². The second-order valence-electron chi connectivity index (χ2n) is 4.49. The molecule has 0 aliphatic carbocycles. The van der Waals surface area contributed by atoms with Crippen LogP contribution in [0.3, 0.4) is 0 Å². The molecule has 0 spiro atoms. The summed E-state index contributed by atoms with van der Waals surface area (Å²) in [6.45, 7) is 5.76. The second-order valence-corrected chi connectivity index (χ2v) is 4.49. The monoisotopic (exact) mass is 243 g/mol. The van der Waals surface area contributed by atoms with Crippen LogP contribution in [-0.2, 0) is 0 Å². The van der Waals surface area contributed by atoms with E-state index in [0.717, 1.165) is 39.2 Å². The Labute approximate surface area is 103 Å². The summed E-state index contributed by atoms with van der Waals surface area (Å²) in [5, 5.41) is 3.95. The third-order valence-electron chi connectivity index (χ3n) is 3.14. The van der Waals surface area contributed by atoms with Crippen molar-refractivity contribution in [2.45, 2.75) is 20.8 Å². The van der Waals surface area contributed by atoms with Gasteiger partial charge in [-0.3, -0.25) is 0 Å². The Balaban J connectivity index is 2.34. The maximum Gasteiger partial charge on any atom is 0.323 e. The van der Waals surface area contributed by atoms with Gasteiger partial charge < -0.3 is 14.5 Å². The molecule has 5 nitrogen and oxygen atoms in total. The Morgan fingerprint density at radius 1 is 1.17 bits per heavy atom. The predicted octanol–water partition coefficient (Wildman–Crippen LogP) is 2.44. The number of nitrogens with zero attached hydrogens (tertiary/aromatic N) is 1. The van der Waals surface area contributed by atoms with Crippen LogP contribution in [-0.4, -0.2) is 15.1 Å². The Bertz CT molecular complexity index is 773. The molecule has 0 bridgehead atoms. The van der Waals surface area contributed by atoms with Crippen LogP contribution < -0.4 is 5.69 Å². The Kier molecular flexibility index (Phi) is 2.16. The highest BCUT2D eigenvalue weighted by atomic mass is 16.5. The van der Waals surface area contributed by atoms with Gasteiger partial charge in [-0.2, -0.15) is 0 Å². The molecule has 3 aromatic rings. The SMILES string of the molecule is Cc1noc(C)c1-c1cc(C)c2[nH]c(=O)[nH]c2c1. The van der Waals surface area contributed by atoms with Gasteiger partial charge in [-0.15, -0.1) is 0 Å². The molecule has 0 unspecified atom stereocenters. The lowest BCUT2D eigenvalue weighted by molar-refractivity contribution is 0.393. The molecule has 2 heterocycles. The predicted molar refractivity (Wildman–Crippen MR) is 68.6 cm³/mol. The van der Waals surface area contributed by atoms with Gasteiger partial charge in [-0.1, -0.05) is 5.16 Å². The molecule has 5 heteroatoms. The van der Waals surface area contributed by atoms with E-state index in [1.165, 1.54) is 0 Å². The minimum atomic E-state index is -0.191. The van der Waals surface area contributed by atoms with Crippen molar-refractivity contribution in [3.8, 4) is 11.1 Å². The lowest BCUT2D eigenvalue weighted by atomic mass is 10.0. The minimum Gasteiger partial charge on any atom is -0.361 e. The second kappa shape index (κ2) is 3.60. The van der Waals surface area contributed by atoms with Gasteiger partial charge in [-0.05, 0) is 44.0 Å². The molecule has 92 valence electrons. The molecule has 0 fully saturated rings. The van der Waals surface area contributed by atoms with Crippen LogP contribution in [0.5, 0.6) is 0 Å². The van der Waals surface area contributed by atoms with E-state index in [9.17, 15) is 4.79 Å². The molecule has 1 aromatic carbocycles. The fraction of sp³-hybridized carbons (Fsp3) is 0.231. The van der Waals surface area contributed by atoms with Gasteiger partial charge in [0, 0.05) is 5.56 Å². The van der Waals surface area contributed by atoms with Gasteiger partial charge in [0.15, 0.2) is 0 Å². The number of nitrogens with one attached hydrogen (secondary N) is 2. The van der Waals surface area contributed by atoms with Crippen LogP contribution in [0.1, 0.15) is 17.0 Å². The molecule has 0 atom stereocenters. The standard InChI is InChI=1S/C13H13N3O2/c1-6-4-9(11-7(2)16-18-8(11)3)5-10-12(6)15-13(17)14-10/h4-5H,1-3H3,(H2,14,15,17). The van der Waals surface area contributed by atoms with Gasteiger partial charge >= 0.3 is 5.69 Å². The van der Waals surface area contributed by atoms with Crippen molar-refractivity contribution in [2.75, 3.05) is 0 Å². The van der Waals surface area contributed by atoms with Crippen LogP contribution in [0.15, 0.2) is 21.5 Å². The van der Waals surface area contributed by atoms with Crippen molar-refractivity contribution >= 4 is 11.0 Å². The van der Waals surface area contributed by atoms with Gasteiger partial charge in [0.25, 0.3) is 0 Å². The summed E-state index contributed by atoms with van der Waals surface area (Å²) >= 11 is 0. The van der Waals surface area contributed by atoms with Crippen LogP contribution in [0.25, 0.3) is 22.2 Å². The maximum absolute atomic E-state index is 11.3. The smallest absolute Gasteiger partial charge is 0.323 e. The van der Waals surface area contributed by atoms with Gasteiger partial charge in [-0.25, -0.2) is 4.79 Å². The van der Waals surface area contributed by atoms with E-state index in [1.807, 2.05) is 32.9 Å². The third kappa shape index (κ3) is 1.48. The Morgan fingerprint density at radius 3 is 2.61 bits per heavy atom. The highest BCUT2D eigenvalue weighted by Crippen LogP contribution is 2.30. The highest BCUT2D eigenvalue weighted by Gasteiger charge is 2.13. The number of aromatic nitrogens is 3. The van der Waals surface area contributed by atoms with Crippen molar-refractivity contribution in [2.24, 2.45) is 0 Å². The number of hydrogen-bond donors (Lipinski definition) is 2. The van der Waals surface area contributed by atoms with Crippen molar-refractivity contribution in [1.82, 2.24) is 15.1 Å². The molecule has 3 rings (SSSR count). The van der Waals surface area contributed by atoms with Crippen molar-refractivity contribution in [3.05, 3.63) is 39.6 Å². The van der Waals surface area contributed by atoms with E-state index in [2.05, 4.69) is 15.1 Å². The number of aromatic amines is 2. The number of benzene rings is 1. The fourth-order valence-electron chi connectivity index (χ4n) is 2.36. The molecule has 0 saturated heterocycles. The quantitative estimate of drug-likeness (QED) is 0.689. The van der Waals surface area contributed by atoms with Crippen LogP contribution in [0.2, 0.25) is 0 Å². The Hall–Kier alpha value is -2.30. The molecule has 0 aliphatic heterocycles. The van der Waals surface area contributed by atoms with E-state index in [-0.39, 0.29) is 5.69 Å². The molecular formula is C13H13N3O2. The van der Waals surface area contributed by atoms with E-state index < -0.39 is 0 Å². The lowest BCUT2D eigenvalue weighted by Gasteiger charge is -2.03. The van der Waals surface area contributed by atoms with Gasteiger partial charge in [0.05, 0.1) is 16.7 Å². The first-order chi connectivity index (χ1) is 8.56.